The van der Waals surface area contributed by atoms with E-state index in [1.165, 1.54) is 30.2 Å². The minimum absolute atomic E-state index is 0.0427. The Hall–Kier alpha value is -2.15. The Morgan fingerprint density at radius 3 is 2.84 bits per heavy atom. The minimum Gasteiger partial charge on any atom is -0.490 e. The summed E-state index contributed by atoms with van der Waals surface area (Å²) in [7, 11) is 1.29. The van der Waals surface area contributed by atoms with Crippen LogP contribution in [0.1, 0.15) is 16.8 Å². The highest BCUT2D eigenvalue weighted by molar-refractivity contribution is 5.98. The second-order valence-corrected chi connectivity index (χ2v) is 4.31. The zero-order valence-corrected chi connectivity index (χ0v) is 10.4. The van der Waals surface area contributed by atoms with E-state index in [1.807, 2.05) is 0 Å². The summed E-state index contributed by atoms with van der Waals surface area (Å²) in [5.41, 5.74) is -0.0982. The number of aliphatic hydroxyl groups excluding tert-OH is 1. The van der Waals surface area contributed by atoms with E-state index in [0.29, 0.717) is 13.0 Å². The van der Waals surface area contributed by atoms with Crippen molar-refractivity contribution < 1.29 is 19.6 Å². The van der Waals surface area contributed by atoms with Crippen LogP contribution in [0.15, 0.2) is 18.2 Å². The Labute approximate surface area is 109 Å². The van der Waals surface area contributed by atoms with Crippen LogP contribution in [-0.4, -0.2) is 47.1 Å². The van der Waals surface area contributed by atoms with Crippen molar-refractivity contribution in [3.63, 3.8) is 0 Å². The van der Waals surface area contributed by atoms with E-state index in [-0.39, 0.29) is 29.5 Å². The van der Waals surface area contributed by atoms with Crippen molar-refractivity contribution in [1.29, 1.82) is 0 Å². The molecular weight excluding hydrogens is 252 g/mol. The molecule has 0 bridgehead atoms. The number of carbonyl (C=O) groups is 1. The van der Waals surface area contributed by atoms with E-state index < -0.39 is 11.0 Å². The van der Waals surface area contributed by atoms with Gasteiger partial charge >= 0.3 is 5.69 Å². The van der Waals surface area contributed by atoms with Crippen molar-refractivity contribution in [1.82, 2.24) is 4.90 Å². The fourth-order valence-corrected chi connectivity index (χ4v) is 2.15. The van der Waals surface area contributed by atoms with Gasteiger partial charge in [-0.3, -0.25) is 14.9 Å². The van der Waals surface area contributed by atoms with Gasteiger partial charge in [0.05, 0.1) is 23.7 Å². The standard InChI is InChI=1S/C12H14N2O5/c1-19-11-9(3-2-4-10(11)14(17)18)12(16)13-6-5-8(15)7-13/h2-4,8,15H,5-7H2,1H3/t8-/m0/s1. The summed E-state index contributed by atoms with van der Waals surface area (Å²) in [6.07, 6.45) is -0.0168. The maximum atomic E-state index is 12.3. The largest absolute Gasteiger partial charge is 0.490 e. The number of nitro groups is 1. The zero-order valence-electron chi connectivity index (χ0n) is 10.4. The summed E-state index contributed by atoms with van der Waals surface area (Å²) in [5, 5.41) is 20.3. The molecule has 0 radical (unpaired) electrons. The molecule has 1 heterocycles. The van der Waals surface area contributed by atoms with Gasteiger partial charge in [0.2, 0.25) is 5.75 Å². The highest BCUT2D eigenvalue weighted by atomic mass is 16.6. The summed E-state index contributed by atoms with van der Waals surface area (Å²) >= 11 is 0. The molecule has 7 nitrogen and oxygen atoms in total. The van der Waals surface area contributed by atoms with Gasteiger partial charge in [-0.1, -0.05) is 6.07 Å². The number of hydrogen-bond donors (Lipinski definition) is 1. The number of likely N-dealkylation sites (tertiary alicyclic amines) is 1. The Morgan fingerprint density at radius 2 is 2.32 bits per heavy atom. The molecule has 19 heavy (non-hydrogen) atoms. The lowest BCUT2D eigenvalue weighted by Gasteiger charge is -2.17. The van der Waals surface area contributed by atoms with Crippen molar-refractivity contribution in [2.45, 2.75) is 12.5 Å². The normalized spacial score (nSPS) is 18.4. The van der Waals surface area contributed by atoms with Crippen LogP contribution >= 0.6 is 0 Å². The van der Waals surface area contributed by atoms with Gasteiger partial charge in [0.1, 0.15) is 0 Å². The number of methoxy groups -OCH3 is 1. The summed E-state index contributed by atoms with van der Waals surface area (Å²) in [4.78, 5) is 24.0. The molecule has 1 N–H and O–H groups in total. The lowest BCUT2D eigenvalue weighted by Crippen LogP contribution is -2.29. The average Bonchev–Trinajstić information content (AvgIpc) is 2.83. The summed E-state index contributed by atoms with van der Waals surface area (Å²) < 4.78 is 4.99. The number of β-amino-alcohol motifs (C(OH)–C–C–N with tert-alkyl or cyclic N) is 1. The molecule has 0 saturated carbocycles. The van der Waals surface area contributed by atoms with Gasteiger partial charge < -0.3 is 14.7 Å². The molecule has 0 unspecified atom stereocenters. The summed E-state index contributed by atoms with van der Waals surface area (Å²) in [6.45, 7) is 0.677. The number of para-hydroxylation sites is 1. The van der Waals surface area contributed by atoms with Crippen LogP contribution in [0.3, 0.4) is 0 Å². The average molecular weight is 266 g/mol. The molecule has 1 fully saturated rings. The van der Waals surface area contributed by atoms with Crippen LogP contribution < -0.4 is 4.74 Å². The topological polar surface area (TPSA) is 92.9 Å². The number of amides is 1. The molecule has 1 saturated heterocycles. The van der Waals surface area contributed by atoms with Crippen molar-refractivity contribution in [2.75, 3.05) is 20.2 Å². The second-order valence-electron chi connectivity index (χ2n) is 4.31. The van der Waals surface area contributed by atoms with Crippen LogP contribution in [0.4, 0.5) is 5.69 Å². The second kappa shape index (κ2) is 5.23. The van der Waals surface area contributed by atoms with E-state index >= 15 is 0 Å². The van der Waals surface area contributed by atoms with Crippen molar-refractivity contribution in [3.8, 4) is 5.75 Å². The maximum absolute atomic E-state index is 12.3. The van der Waals surface area contributed by atoms with Crippen LogP contribution in [0.25, 0.3) is 0 Å². The van der Waals surface area contributed by atoms with Gasteiger partial charge in [0.15, 0.2) is 0 Å². The van der Waals surface area contributed by atoms with Crippen molar-refractivity contribution in [3.05, 3.63) is 33.9 Å². The van der Waals surface area contributed by atoms with E-state index in [9.17, 15) is 20.0 Å². The van der Waals surface area contributed by atoms with E-state index in [2.05, 4.69) is 0 Å². The van der Waals surface area contributed by atoms with Crippen molar-refractivity contribution in [2.24, 2.45) is 0 Å². The third-order valence-electron chi connectivity index (χ3n) is 3.08. The molecule has 0 aromatic heterocycles. The first kappa shape index (κ1) is 13.3. The number of nitrogens with zero attached hydrogens (tertiary/aromatic N) is 2. The molecular formula is C12H14N2O5. The molecule has 0 aliphatic carbocycles. The predicted molar refractivity (Wildman–Crippen MR) is 66.2 cm³/mol. The Balaban J connectivity index is 2.36. The molecule has 1 aliphatic rings. The van der Waals surface area contributed by atoms with Gasteiger partial charge in [-0.2, -0.15) is 0 Å². The Kier molecular flexibility index (Phi) is 3.66. The molecule has 102 valence electrons. The highest BCUT2D eigenvalue weighted by Gasteiger charge is 2.30. The quantitative estimate of drug-likeness (QED) is 0.645. The molecule has 1 aromatic carbocycles. The lowest BCUT2D eigenvalue weighted by atomic mass is 10.1. The number of nitro benzene ring substituents is 1. The summed E-state index contributed by atoms with van der Waals surface area (Å²) in [6, 6.07) is 4.22. The number of rotatable bonds is 3. The minimum atomic E-state index is -0.589. The van der Waals surface area contributed by atoms with E-state index in [4.69, 9.17) is 4.74 Å². The lowest BCUT2D eigenvalue weighted by molar-refractivity contribution is -0.385. The molecule has 1 aliphatic heterocycles. The van der Waals surface area contributed by atoms with Gasteiger partial charge in [-0.15, -0.1) is 0 Å². The summed E-state index contributed by atoms with van der Waals surface area (Å²) in [5.74, 6) is -0.406. The fourth-order valence-electron chi connectivity index (χ4n) is 2.15. The first-order valence-corrected chi connectivity index (χ1v) is 5.83. The number of ether oxygens (including phenoxy) is 1. The number of aliphatic hydroxyl groups is 1. The third-order valence-corrected chi connectivity index (χ3v) is 3.08. The third kappa shape index (κ3) is 2.50. The van der Waals surface area contributed by atoms with Gasteiger partial charge in [0.25, 0.3) is 5.91 Å². The molecule has 0 spiro atoms. The molecule has 1 atom stereocenters. The number of benzene rings is 1. The van der Waals surface area contributed by atoms with Crippen molar-refractivity contribution >= 4 is 11.6 Å². The smallest absolute Gasteiger partial charge is 0.311 e. The number of hydrogen-bond acceptors (Lipinski definition) is 5. The first-order valence-electron chi connectivity index (χ1n) is 5.83. The highest BCUT2D eigenvalue weighted by Crippen LogP contribution is 2.31. The van der Waals surface area contributed by atoms with Gasteiger partial charge in [-0.25, -0.2) is 0 Å². The van der Waals surface area contributed by atoms with Crippen LogP contribution in [-0.2, 0) is 0 Å². The van der Waals surface area contributed by atoms with E-state index in [1.54, 1.807) is 0 Å². The Bertz CT molecular complexity index is 517. The fraction of sp³-hybridized carbons (Fsp3) is 0.417. The first-order chi connectivity index (χ1) is 9.04. The molecule has 1 aromatic rings. The maximum Gasteiger partial charge on any atom is 0.311 e. The van der Waals surface area contributed by atoms with Crippen LogP contribution in [0.5, 0.6) is 5.75 Å². The Morgan fingerprint density at radius 1 is 1.58 bits per heavy atom. The van der Waals surface area contributed by atoms with Crippen LogP contribution in [0.2, 0.25) is 0 Å². The molecule has 2 rings (SSSR count). The SMILES string of the molecule is COc1c(C(=O)N2CC[C@H](O)C2)cccc1[N+](=O)[O-]. The number of carbonyl (C=O) groups excluding carboxylic acids is 1. The van der Waals surface area contributed by atoms with E-state index in [0.717, 1.165) is 0 Å². The monoisotopic (exact) mass is 266 g/mol. The molecule has 7 heteroatoms. The van der Waals surface area contributed by atoms with Crippen LogP contribution in [0, 0.1) is 10.1 Å². The van der Waals surface area contributed by atoms with Gasteiger partial charge in [-0.05, 0) is 12.5 Å². The van der Waals surface area contributed by atoms with Gasteiger partial charge in [0, 0.05) is 19.2 Å². The molecule has 1 amide bonds. The predicted octanol–water partition coefficient (Wildman–Crippen LogP) is 0.810. The zero-order chi connectivity index (χ0) is 14.0.